The molecule has 0 bridgehead atoms. The number of amides is 2. The first-order valence-corrected chi connectivity index (χ1v) is 12.6. The number of alkyl carbamates (subject to hydrolysis) is 1. The zero-order valence-corrected chi connectivity index (χ0v) is 20.0. The normalized spacial score (nSPS) is 13.7. The number of ether oxygens (including phenoxy) is 1. The van der Waals surface area contributed by atoms with Gasteiger partial charge in [0.05, 0.1) is 0 Å². The van der Waals surface area contributed by atoms with Crippen LogP contribution in [0.1, 0.15) is 36.3 Å². The molecule has 2 aromatic rings. The molecule has 10 heteroatoms. The van der Waals surface area contributed by atoms with Crippen LogP contribution in [-0.4, -0.2) is 64.9 Å². The monoisotopic (exact) mass is 500 g/mol. The molecule has 2 atom stereocenters. The summed E-state index contributed by atoms with van der Waals surface area (Å²) in [4.78, 5) is 47.6. The molecule has 4 N–H and O–H groups in total. The van der Waals surface area contributed by atoms with E-state index in [2.05, 4.69) is 10.6 Å². The zero-order chi connectivity index (χ0) is 25.4. The number of benzene rings is 2. The Bertz CT molecular complexity index is 1050. The van der Waals surface area contributed by atoms with E-state index in [-0.39, 0.29) is 25.4 Å². The Morgan fingerprint density at radius 1 is 0.914 bits per heavy atom. The Labute approximate surface area is 207 Å². The Morgan fingerprint density at radius 3 is 2.06 bits per heavy atom. The standard InChI is InChI=1S/C25H28N2O7S/c1-35-13-12-20(23(30)26-21(24(31)32)10-11-22(28)29)27-25(33)34-14-19-17-8-4-2-6-15(17)16-7-3-5-9-18(16)19/h2-9,19-21H,10-14H2,1H3,(H,26,30)(H,27,33)(H,28,29)(H,31,32)/t20-,21-/m0/s1. The van der Waals surface area contributed by atoms with E-state index in [0.717, 1.165) is 22.3 Å². The van der Waals surface area contributed by atoms with Gasteiger partial charge in [-0.15, -0.1) is 0 Å². The SMILES string of the molecule is CSCC[C@H](NC(=O)OCC1c2ccccc2-c2ccccc21)C(=O)N[C@@H](CCC(=O)O)C(=O)O. The number of carboxylic acids is 2. The highest BCUT2D eigenvalue weighted by Gasteiger charge is 2.30. The highest BCUT2D eigenvalue weighted by atomic mass is 32.2. The molecular formula is C25H28N2O7S. The summed E-state index contributed by atoms with van der Waals surface area (Å²) >= 11 is 1.47. The van der Waals surface area contributed by atoms with E-state index in [4.69, 9.17) is 9.84 Å². The summed E-state index contributed by atoms with van der Waals surface area (Å²) in [6, 6.07) is 13.4. The minimum absolute atomic E-state index is 0.0765. The van der Waals surface area contributed by atoms with Crippen LogP contribution >= 0.6 is 11.8 Å². The summed E-state index contributed by atoms with van der Waals surface area (Å²) in [7, 11) is 0. The molecule has 35 heavy (non-hydrogen) atoms. The van der Waals surface area contributed by atoms with Crippen LogP contribution < -0.4 is 10.6 Å². The van der Waals surface area contributed by atoms with Crippen LogP contribution in [0.4, 0.5) is 4.79 Å². The van der Waals surface area contributed by atoms with Crippen molar-refractivity contribution in [3.05, 3.63) is 59.7 Å². The first kappa shape index (κ1) is 26.1. The lowest BCUT2D eigenvalue weighted by Gasteiger charge is -2.21. The maximum absolute atomic E-state index is 12.7. The van der Waals surface area contributed by atoms with E-state index in [1.807, 2.05) is 54.8 Å². The van der Waals surface area contributed by atoms with Gasteiger partial charge in [-0.3, -0.25) is 9.59 Å². The summed E-state index contributed by atoms with van der Waals surface area (Å²) in [5, 5.41) is 23.0. The minimum Gasteiger partial charge on any atom is -0.481 e. The highest BCUT2D eigenvalue weighted by molar-refractivity contribution is 7.98. The predicted molar refractivity (Wildman–Crippen MR) is 131 cm³/mol. The summed E-state index contributed by atoms with van der Waals surface area (Å²) in [6.45, 7) is 0.0765. The van der Waals surface area contributed by atoms with Crippen molar-refractivity contribution in [1.82, 2.24) is 10.6 Å². The third kappa shape index (κ3) is 6.75. The van der Waals surface area contributed by atoms with Gasteiger partial charge in [-0.05, 0) is 47.1 Å². The number of aliphatic carboxylic acids is 2. The second kappa shape index (κ2) is 12.3. The molecule has 0 unspecified atom stereocenters. The molecule has 9 nitrogen and oxygen atoms in total. The molecule has 0 aliphatic heterocycles. The number of fused-ring (bicyclic) bond motifs is 3. The van der Waals surface area contributed by atoms with Crippen LogP contribution in [0.2, 0.25) is 0 Å². The lowest BCUT2D eigenvalue weighted by molar-refractivity contribution is -0.143. The second-order valence-electron chi connectivity index (χ2n) is 8.14. The van der Waals surface area contributed by atoms with Gasteiger partial charge >= 0.3 is 18.0 Å². The molecule has 0 saturated heterocycles. The van der Waals surface area contributed by atoms with Crippen LogP contribution in [0.3, 0.4) is 0 Å². The van der Waals surface area contributed by atoms with Gasteiger partial charge in [-0.25, -0.2) is 9.59 Å². The molecule has 0 heterocycles. The zero-order valence-electron chi connectivity index (χ0n) is 19.2. The molecule has 1 aliphatic rings. The van der Waals surface area contributed by atoms with Crippen LogP contribution in [0.5, 0.6) is 0 Å². The number of thioether (sulfide) groups is 1. The summed E-state index contributed by atoms with van der Waals surface area (Å²) in [6.07, 6.45) is 0.631. The largest absolute Gasteiger partial charge is 0.481 e. The summed E-state index contributed by atoms with van der Waals surface area (Å²) in [5.41, 5.74) is 4.30. The maximum Gasteiger partial charge on any atom is 0.407 e. The van der Waals surface area contributed by atoms with Crippen molar-refractivity contribution in [3.8, 4) is 11.1 Å². The number of carbonyl (C=O) groups excluding carboxylic acids is 2. The van der Waals surface area contributed by atoms with Crippen molar-refractivity contribution in [2.75, 3.05) is 18.6 Å². The molecule has 0 fully saturated rings. The Morgan fingerprint density at radius 2 is 1.51 bits per heavy atom. The van der Waals surface area contributed by atoms with Gasteiger partial charge < -0.3 is 25.6 Å². The molecule has 0 saturated carbocycles. The molecule has 0 spiro atoms. The Hall–Kier alpha value is -3.53. The average molecular weight is 501 g/mol. The second-order valence-corrected chi connectivity index (χ2v) is 9.12. The molecule has 2 aromatic carbocycles. The van der Waals surface area contributed by atoms with Crippen molar-refractivity contribution in [1.29, 1.82) is 0 Å². The fourth-order valence-electron chi connectivity index (χ4n) is 4.08. The van der Waals surface area contributed by atoms with Gasteiger partial charge in [-0.2, -0.15) is 11.8 Å². The predicted octanol–water partition coefficient (Wildman–Crippen LogP) is 3.08. The van der Waals surface area contributed by atoms with Crippen LogP contribution in [0.15, 0.2) is 48.5 Å². The van der Waals surface area contributed by atoms with E-state index in [0.29, 0.717) is 5.75 Å². The van der Waals surface area contributed by atoms with Crippen LogP contribution in [0, 0.1) is 0 Å². The lowest BCUT2D eigenvalue weighted by atomic mass is 9.98. The quantitative estimate of drug-likeness (QED) is 0.348. The molecule has 1 aliphatic carbocycles. The van der Waals surface area contributed by atoms with Gasteiger partial charge in [0.25, 0.3) is 0 Å². The smallest absolute Gasteiger partial charge is 0.407 e. The Balaban J connectivity index is 1.64. The number of hydrogen-bond donors (Lipinski definition) is 4. The minimum atomic E-state index is -1.38. The third-order valence-electron chi connectivity index (χ3n) is 5.82. The van der Waals surface area contributed by atoms with Gasteiger partial charge in [0.2, 0.25) is 5.91 Å². The fourth-order valence-corrected chi connectivity index (χ4v) is 4.56. The van der Waals surface area contributed by atoms with E-state index >= 15 is 0 Å². The summed E-state index contributed by atoms with van der Waals surface area (Å²) in [5.74, 6) is -2.82. The topological polar surface area (TPSA) is 142 Å². The van der Waals surface area contributed by atoms with Crippen LogP contribution in [0.25, 0.3) is 11.1 Å². The van der Waals surface area contributed by atoms with Gasteiger partial charge in [0.1, 0.15) is 18.7 Å². The molecule has 3 rings (SSSR count). The summed E-state index contributed by atoms with van der Waals surface area (Å²) < 4.78 is 5.50. The highest BCUT2D eigenvalue weighted by Crippen LogP contribution is 2.44. The molecule has 186 valence electrons. The molecule has 0 aromatic heterocycles. The maximum atomic E-state index is 12.7. The molecule has 0 radical (unpaired) electrons. The van der Waals surface area contributed by atoms with E-state index in [1.54, 1.807) is 0 Å². The molecule has 2 amide bonds. The number of hydrogen-bond acceptors (Lipinski definition) is 6. The van der Waals surface area contributed by atoms with E-state index < -0.39 is 42.4 Å². The first-order chi connectivity index (χ1) is 16.8. The van der Waals surface area contributed by atoms with Crippen molar-refractivity contribution in [2.45, 2.75) is 37.3 Å². The van der Waals surface area contributed by atoms with Crippen LogP contribution in [-0.2, 0) is 19.1 Å². The number of carbonyl (C=O) groups is 4. The number of nitrogens with one attached hydrogen (secondary N) is 2. The fraction of sp³-hybridized carbons (Fsp3) is 0.360. The average Bonchev–Trinajstić information content (AvgIpc) is 3.16. The van der Waals surface area contributed by atoms with Crippen molar-refractivity contribution >= 4 is 35.7 Å². The lowest BCUT2D eigenvalue weighted by Crippen LogP contribution is -2.52. The van der Waals surface area contributed by atoms with Crippen molar-refractivity contribution < 1.29 is 34.1 Å². The first-order valence-electron chi connectivity index (χ1n) is 11.2. The van der Waals surface area contributed by atoms with E-state index in [9.17, 15) is 24.3 Å². The van der Waals surface area contributed by atoms with Gasteiger partial charge in [0.15, 0.2) is 0 Å². The van der Waals surface area contributed by atoms with Gasteiger partial charge in [0, 0.05) is 12.3 Å². The van der Waals surface area contributed by atoms with E-state index in [1.165, 1.54) is 11.8 Å². The Kier molecular flexibility index (Phi) is 9.13. The van der Waals surface area contributed by atoms with Crippen molar-refractivity contribution in [2.24, 2.45) is 0 Å². The number of carboxylic acid groups (broad SMARTS) is 2. The van der Waals surface area contributed by atoms with Gasteiger partial charge in [-0.1, -0.05) is 48.5 Å². The number of rotatable bonds is 12. The molecular weight excluding hydrogens is 472 g/mol. The van der Waals surface area contributed by atoms with Crippen molar-refractivity contribution in [3.63, 3.8) is 0 Å². The third-order valence-corrected chi connectivity index (χ3v) is 6.47.